The van der Waals surface area contributed by atoms with Gasteiger partial charge in [0.1, 0.15) is 0 Å². The van der Waals surface area contributed by atoms with Gasteiger partial charge in [-0.25, -0.2) is 4.98 Å². The number of rotatable bonds is 4. The van der Waals surface area contributed by atoms with Crippen molar-refractivity contribution >= 4 is 11.1 Å². The molecule has 3 aromatic carbocycles. The standard InChI is InChI=1S/C36H24N2/c37-23-24-15-17-27(18-16-24)35-32-20-19-29(30-13-7-8-14-31(30)36(32)35)28-21-33(25-9-3-1-4-10-25)38-34(22-28)26-11-5-2-6-12-26/h1-22,31-32H. The highest BCUT2D eigenvalue weighted by molar-refractivity contribution is 5.94. The van der Waals surface area contributed by atoms with Gasteiger partial charge in [0.15, 0.2) is 0 Å². The molecule has 2 unspecified atom stereocenters. The highest BCUT2D eigenvalue weighted by atomic mass is 14.7. The molecule has 3 aliphatic rings. The topological polar surface area (TPSA) is 36.7 Å². The lowest BCUT2D eigenvalue weighted by Crippen LogP contribution is -2.04. The summed E-state index contributed by atoms with van der Waals surface area (Å²) in [5.41, 5.74) is 12.6. The van der Waals surface area contributed by atoms with E-state index >= 15 is 0 Å². The van der Waals surface area contributed by atoms with Crippen LogP contribution in [-0.2, 0) is 0 Å². The van der Waals surface area contributed by atoms with Crippen LogP contribution in [-0.4, -0.2) is 4.98 Å². The number of benzene rings is 3. The zero-order chi connectivity index (χ0) is 25.5. The Hall–Kier alpha value is -5.00. The van der Waals surface area contributed by atoms with Crippen LogP contribution in [0, 0.1) is 23.2 Å². The third-order valence-electron chi connectivity index (χ3n) is 7.60. The minimum absolute atomic E-state index is 0.231. The van der Waals surface area contributed by atoms with Crippen molar-refractivity contribution < 1.29 is 0 Å². The Morgan fingerprint density at radius 1 is 0.605 bits per heavy atom. The molecule has 2 heteroatoms. The van der Waals surface area contributed by atoms with Gasteiger partial charge in [0.2, 0.25) is 0 Å². The first-order chi connectivity index (χ1) is 18.8. The molecule has 4 aromatic rings. The maximum Gasteiger partial charge on any atom is 0.0991 e. The molecule has 0 saturated carbocycles. The number of hydrogen-bond acceptors (Lipinski definition) is 2. The Morgan fingerprint density at radius 2 is 1.26 bits per heavy atom. The van der Waals surface area contributed by atoms with Crippen molar-refractivity contribution in [1.82, 2.24) is 4.98 Å². The molecular weight excluding hydrogens is 460 g/mol. The van der Waals surface area contributed by atoms with Crippen LogP contribution in [0.1, 0.15) is 16.7 Å². The summed E-state index contributed by atoms with van der Waals surface area (Å²) in [4.78, 5) is 5.07. The monoisotopic (exact) mass is 484 g/mol. The Bertz CT molecular complexity index is 1680. The molecule has 0 fully saturated rings. The van der Waals surface area contributed by atoms with Crippen molar-refractivity contribution in [3.8, 4) is 28.6 Å². The predicted molar refractivity (Wildman–Crippen MR) is 155 cm³/mol. The molecule has 1 aromatic heterocycles. The van der Waals surface area contributed by atoms with E-state index in [-0.39, 0.29) is 5.92 Å². The van der Waals surface area contributed by atoms with Gasteiger partial charge in [0.05, 0.1) is 23.0 Å². The molecule has 1 heterocycles. The van der Waals surface area contributed by atoms with E-state index in [2.05, 4.69) is 115 Å². The average molecular weight is 485 g/mol. The molecule has 7 rings (SSSR count). The van der Waals surface area contributed by atoms with Crippen molar-refractivity contribution in [3.05, 3.63) is 161 Å². The van der Waals surface area contributed by atoms with E-state index in [9.17, 15) is 5.26 Å². The van der Waals surface area contributed by atoms with Crippen LogP contribution < -0.4 is 0 Å². The lowest BCUT2D eigenvalue weighted by molar-refractivity contribution is 0.913. The Balaban J connectivity index is 1.38. The van der Waals surface area contributed by atoms with Gasteiger partial charge < -0.3 is 0 Å². The number of allylic oxidation sites excluding steroid dienone is 10. The fraction of sp³-hybridized carbons (Fsp3) is 0.0556. The zero-order valence-electron chi connectivity index (χ0n) is 20.8. The minimum atomic E-state index is 0.231. The first kappa shape index (κ1) is 22.2. The molecule has 0 N–H and O–H groups in total. The highest BCUT2D eigenvalue weighted by Crippen LogP contribution is 2.57. The molecule has 0 saturated heterocycles. The van der Waals surface area contributed by atoms with Gasteiger partial charge >= 0.3 is 0 Å². The van der Waals surface area contributed by atoms with Gasteiger partial charge in [-0.3, -0.25) is 0 Å². The maximum atomic E-state index is 9.20. The first-order valence-corrected chi connectivity index (χ1v) is 13.0. The van der Waals surface area contributed by atoms with Crippen LogP contribution >= 0.6 is 0 Å². The fourth-order valence-corrected chi connectivity index (χ4v) is 5.71. The van der Waals surface area contributed by atoms with Crippen LogP contribution in [0.5, 0.6) is 0 Å². The van der Waals surface area contributed by atoms with Crippen molar-refractivity contribution in [1.29, 1.82) is 5.26 Å². The van der Waals surface area contributed by atoms with Crippen molar-refractivity contribution in [2.45, 2.75) is 0 Å². The Kier molecular flexibility index (Phi) is 5.34. The average Bonchev–Trinajstić information content (AvgIpc) is 3.74. The summed E-state index contributed by atoms with van der Waals surface area (Å²) in [6.45, 7) is 0. The van der Waals surface area contributed by atoms with E-state index in [1.54, 1.807) is 0 Å². The SMILES string of the molecule is N#Cc1ccc(C2=C3C4C=CC=CC4=C(c4cc(-c5ccccc5)nc(-c5ccccc5)c4)C=CC23)cc1. The maximum absolute atomic E-state index is 9.20. The first-order valence-electron chi connectivity index (χ1n) is 13.0. The van der Waals surface area contributed by atoms with Crippen LogP contribution in [0.4, 0.5) is 0 Å². The summed E-state index contributed by atoms with van der Waals surface area (Å²) >= 11 is 0. The van der Waals surface area contributed by atoms with Crippen LogP contribution in [0.15, 0.2) is 145 Å². The second-order valence-electron chi connectivity index (χ2n) is 9.84. The summed E-state index contributed by atoms with van der Waals surface area (Å²) in [5, 5.41) is 9.20. The second-order valence-corrected chi connectivity index (χ2v) is 9.84. The zero-order valence-corrected chi connectivity index (χ0v) is 20.8. The smallest absolute Gasteiger partial charge is 0.0991 e. The van der Waals surface area contributed by atoms with Gasteiger partial charge in [0, 0.05) is 23.0 Å². The molecule has 178 valence electrons. The minimum Gasteiger partial charge on any atom is -0.248 e. The molecular formula is C36H24N2. The number of nitriles is 1. The summed E-state index contributed by atoms with van der Waals surface area (Å²) in [5.74, 6) is 0.551. The quantitative estimate of drug-likeness (QED) is 0.291. The van der Waals surface area contributed by atoms with Gasteiger partial charge in [-0.05, 0) is 57.7 Å². The molecule has 0 bridgehead atoms. The molecule has 0 spiro atoms. The molecule has 0 amide bonds. The van der Waals surface area contributed by atoms with Crippen LogP contribution in [0.3, 0.4) is 0 Å². The number of aromatic nitrogens is 1. The van der Waals surface area contributed by atoms with Gasteiger partial charge in [-0.1, -0.05) is 109 Å². The summed E-state index contributed by atoms with van der Waals surface area (Å²) in [6.07, 6.45) is 13.5. The number of fused-ring (bicyclic) bond motifs is 3. The van der Waals surface area contributed by atoms with E-state index in [0.29, 0.717) is 11.5 Å². The molecule has 0 aliphatic heterocycles. The Morgan fingerprint density at radius 3 is 1.89 bits per heavy atom. The third kappa shape index (κ3) is 3.86. The largest absolute Gasteiger partial charge is 0.248 e. The summed E-state index contributed by atoms with van der Waals surface area (Å²) in [6, 6.07) is 35.5. The molecule has 0 radical (unpaired) electrons. The van der Waals surface area contributed by atoms with Crippen LogP contribution in [0.2, 0.25) is 0 Å². The highest BCUT2D eigenvalue weighted by Gasteiger charge is 2.42. The normalized spacial score (nSPS) is 19.0. The number of hydrogen-bond donors (Lipinski definition) is 0. The molecule has 38 heavy (non-hydrogen) atoms. The van der Waals surface area contributed by atoms with E-state index in [4.69, 9.17) is 4.98 Å². The lowest BCUT2D eigenvalue weighted by Gasteiger charge is -2.19. The molecule has 2 nitrogen and oxygen atoms in total. The summed E-state index contributed by atoms with van der Waals surface area (Å²) < 4.78 is 0. The fourth-order valence-electron chi connectivity index (χ4n) is 5.71. The van der Waals surface area contributed by atoms with E-state index in [1.165, 1.54) is 33.4 Å². The van der Waals surface area contributed by atoms with E-state index in [0.717, 1.165) is 22.5 Å². The van der Waals surface area contributed by atoms with Crippen molar-refractivity contribution in [2.24, 2.45) is 11.8 Å². The van der Waals surface area contributed by atoms with Crippen LogP contribution in [0.25, 0.3) is 33.7 Å². The molecule has 3 aliphatic carbocycles. The van der Waals surface area contributed by atoms with E-state index in [1.807, 2.05) is 24.3 Å². The number of pyridine rings is 1. The van der Waals surface area contributed by atoms with Crippen molar-refractivity contribution in [2.75, 3.05) is 0 Å². The molecule has 2 atom stereocenters. The second kappa shape index (κ2) is 9.14. The van der Waals surface area contributed by atoms with Gasteiger partial charge in [0.25, 0.3) is 0 Å². The summed E-state index contributed by atoms with van der Waals surface area (Å²) in [7, 11) is 0. The van der Waals surface area contributed by atoms with Crippen molar-refractivity contribution in [3.63, 3.8) is 0 Å². The van der Waals surface area contributed by atoms with Gasteiger partial charge in [-0.15, -0.1) is 0 Å². The Labute approximate surface area is 222 Å². The van der Waals surface area contributed by atoms with Gasteiger partial charge in [-0.2, -0.15) is 5.26 Å². The predicted octanol–water partition coefficient (Wildman–Crippen LogP) is 8.44. The third-order valence-corrected chi connectivity index (χ3v) is 7.60. The van der Waals surface area contributed by atoms with E-state index < -0.39 is 0 Å². The number of nitrogens with zero attached hydrogens (tertiary/aromatic N) is 2. The lowest BCUT2D eigenvalue weighted by atomic mass is 9.86.